The van der Waals surface area contributed by atoms with Gasteiger partial charge in [0.1, 0.15) is 0 Å². The van der Waals surface area contributed by atoms with Gasteiger partial charge in [0, 0.05) is 12.6 Å². The van der Waals surface area contributed by atoms with Gasteiger partial charge in [-0.05, 0) is 47.9 Å². The van der Waals surface area contributed by atoms with Crippen LogP contribution in [0.2, 0.25) is 0 Å². The Morgan fingerprint density at radius 2 is 1.92 bits per heavy atom. The van der Waals surface area contributed by atoms with Crippen LogP contribution in [0.1, 0.15) is 11.1 Å². The van der Waals surface area contributed by atoms with Crippen molar-refractivity contribution in [3.05, 3.63) is 53.6 Å². The van der Waals surface area contributed by atoms with Crippen LogP contribution in [0.15, 0.2) is 46.8 Å². The highest BCUT2D eigenvalue weighted by Crippen LogP contribution is 2.33. The number of thioether (sulfide) groups is 1. The number of methoxy groups -OCH3 is 2. The van der Waals surface area contributed by atoms with Crippen molar-refractivity contribution in [2.24, 2.45) is 0 Å². The first-order valence-electron chi connectivity index (χ1n) is 10.9. The Hall–Kier alpha value is -3.77. The zero-order chi connectivity index (χ0) is 25.3. The molecule has 12 heteroatoms. The molecule has 2 heterocycles. The van der Waals surface area contributed by atoms with Crippen LogP contribution in [0, 0.1) is 0 Å². The van der Waals surface area contributed by atoms with E-state index < -0.39 is 0 Å². The number of benzene rings is 2. The summed E-state index contributed by atoms with van der Waals surface area (Å²) in [6.07, 6.45) is 3.73. The first-order valence-corrected chi connectivity index (χ1v) is 12.7. The Bertz CT molecular complexity index is 1260. The zero-order valence-corrected chi connectivity index (χ0v) is 21.2. The Labute approximate surface area is 216 Å². The first-order chi connectivity index (χ1) is 17.5. The van der Waals surface area contributed by atoms with Crippen molar-refractivity contribution in [1.29, 1.82) is 0 Å². The summed E-state index contributed by atoms with van der Waals surface area (Å²) in [5.74, 6) is 2.38. The van der Waals surface area contributed by atoms with Crippen molar-refractivity contribution in [2.45, 2.75) is 10.8 Å². The maximum atomic E-state index is 12.2. The molecule has 1 aliphatic rings. The number of amides is 2. The molecule has 2 amide bonds. The molecule has 0 saturated carbocycles. The van der Waals surface area contributed by atoms with Crippen LogP contribution < -0.4 is 29.6 Å². The van der Waals surface area contributed by atoms with Gasteiger partial charge in [-0.2, -0.15) is 0 Å². The minimum atomic E-state index is -0.340. The van der Waals surface area contributed by atoms with E-state index in [0.29, 0.717) is 45.4 Å². The van der Waals surface area contributed by atoms with Crippen molar-refractivity contribution in [1.82, 2.24) is 15.5 Å². The molecule has 10 nitrogen and oxygen atoms in total. The third-order valence-corrected chi connectivity index (χ3v) is 6.94. The third kappa shape index (κ3) is 6.89. The SMILES string of the molecule is COc1ccc(CCNC(=O)CSc2nnc(NC(=O)/C=C/c3ccc4c(c3)OCO4)s2)cc1OC. The van der Waals surface area contributed by atoms with Gasteiger partial charge in [0.25, 0.3) is 0 Å². The maximum Gasteiger partial charge on any atom is 0.250 e. The number of nitrogens with one attached hydrogen (secondary N) is 2. The fraction of sp³-hybridized carbons (Fsp3) is 0.250. The number of carbonyl (C=O) groups is 2. The smallest absolute Gasteiger partial charge is 0.250 e. The average molecular weight is 529 g/mol. The van der Waals surface area contributed by atoms with Crippen LogP contribution in [0.25, 0.3) is 6.08 Å². The topological polar surface area (TPSA) is 121 Å². The van der Waals surface area contributed by atoms with Gasteiger partial charge >= 0.3 is 0 Å². The summed E-state index contributed by atoms with van der Waals surface area (Å²) in [7, 11) is 3.17. The zero-order valence-electron chi connectivity index (χ0n) is 19.6. The molecular formula is C24H24N4O6S2. The largest absolute Gasteiger partial charge is 0.493 e. The summed E-state index contributed by atoms with van der Waals surface area (Å²) < 4.78 is 21.7. The van der Waals surface area contributed by atoms with Crippen LogP contribution >= 0.6 is 23.1 Å². The van der Waals surface area contributed by atoms with E-state index in [1.165, 1.54) is 29.2 Å². The molecule has 1 aromatic heterocycles. The monoisotopic (exact) mass is 528 g/mol. The lowest BCUT2D eigenvalue weighted by atomic mass is 10.1. The van der Waals surface area contributed by atoms with Crippen LogP contribution in [-0.4, -0.2) is 55.3 Å². The van der Waals surface area contributed by atoms with Gasteiger partial charge in [-0.1, -0.05) is 35.2 Å². The molecule has 0 atom stereocenters. The van der Waals surface area contributed by atoms with Crippen LogP contribution in [-0.2, 0) is 16.0 Å². The molecule has 0 saturated heterocycles. The number of fused-ring (bicyclic) bond motifs is 1. The van der Waals surface area contributed by atoms with Crippen molar-refractivity contribution in [3.63, 3.8) is 0 Å². The second kappa shape index (κ2) is 12.3. The van der Waals surface area contributed by atoms with E-state index in [1.807, 2.05) is 24.3 Å². The Balaban J connectivity index is 1.18. The number of hydrogen-bond acceptors (Lipinski definition) is 10. The van der Waals surface area contributed by atoms with Crippen LogP contribution in [0.3, 0.4) is 0 Å². The fourth-order valence-electron chi connectivity index (χ4n) is 3.22. The van der Waals surface area contributed by atoms with E-state index in [2.05, 4.69) is 20.8 Å². The van der Waals surface area contributed by atoms with E-state index in [4.69, 9.17) is 18.9 Å². The summed E-state index contributed by atoms with van der Waals surface area (Å²) in [4.78, 5) is 24.4. The quantitative estimate of drug-likeness (QED) is 0.219. The molecule has 2 N–H and O–H groups in total. The highest BCUT2D eigenvalue weighted by atomic mass is 32.2. The predicted molar refractivity (Wildman–Crippen MR) is 137 cm³/mol. The van der Waals surface area contributed by atoms with Gasteiger partial charge in [-0.15, -0.1) is 10.2 Å². The molecule has 0 unspecified atom stereocenters. The molecule has 0 bridgehead atoms. The summed E-state index contributed by atoms with van der Waals surface area (Å²) in [6.45, 7) is 0.684. The average Bonchev–Trinajstić information content (AvgIpc) is 3.55. The molecule has 0 fully saturated rings. The Kier molecular flexibility index (Phi) is 8.63. The van der Waals surface area contributed by atoms with E-state index in [9.17, 15) is 9.59 Å². The number of nitrogens with zero attached hydrogens (tertiary/aromatic N) is 2. The highest BCUT2D eigenvalue weighted by molar-refractivity contribution is 8.01. The molecule has 0 radical (unpaired) electrons. The lowest BCUT2D eigenvalue weighted by Crippen LogP contribution is -2.27. The second-order valence-electron chi connectivity index (χ2n) is 7.39. The lowest BCUT2D eigenvalue weighted by molar-refractivity contribution is -0.118. The van der Waals surface area contributed by atoms with Crippen LogP contribution in [0.4, 0.5) is 5.13 Å². The van der Waals surface area contributed by atoms with Gasteiger partial charge in [0.15, 0.2) is 27.3 Å². The minimum absolute atomic E-state index is 0.118. The first kappa shape index (κ1) is 25.3. The van der Waals surface area contributed by atoms with Gasteiger partial charge in [-0.3, -0.25) is 14.9 Å². The Morgan fingerprint density at radius 3 is 2.75 bits per heavy atom. The van der Waals surface area contributed by atoms with Crippen molar-refractivity contribution >= 4 is 46.1 Å². The summed E-state index contributed by atoms with van der Waals surface area (Å²) in [5.41, 5.74) is 1.83. The minimum Gasteiger partial charge on any atom is -0.493 e. The number of carbonyl (C=O) groups excluding carboxylic acids is 2. The van der Waals surface area contributed by atoms with Crippen molar-refractivity contribution in [2.75, 3.05) is 38.6 Å². The van der Waals surface area contributed by atoms with E-state index in [0.717, 1.165) is 11.1 Å². The highest BCUT2D eigenvalue weighted by Gasteiger charge is 2.13. The Morgan fingerprint density at radius 1 is 1.08 bits per heavy atom. The summed E-state index contributed by atoms with van der Waals surface area (Å²) in [5, 5.41) is 13.9. The normalized spacial score (nSPS) is 11.9. The van der Waals surface area contributed by atoms with E-state index in [1.54, 1.807) is 32.4 Å². The second-order valence-corrected chi connectivity index (χ2v) is 9.59. The number of rotatable bonds is 11. The van der Waals surface area contributed by atoms with Gasteiger partial charge < -0.3 is 24.3 Å². The predicted octanol–water partition coefficient (Wildman–Crippen LogP) is 3.39. The summed E-state index contributed by atoms with van der Waals surface area (Å²) in [6, 6.07) is 11.1. The van der Waals surface area contributed by atoms with Gasteiger partial charge in [0.05, 0.1) is 20.0 Å². The molecule has 0 spiro atoms. The summed E-state index contributed by atoms with van der Waals surface area (Å²) >= 11 is 2.46. The van der Waals surface area contributed by atoms with Gasteiger partial charge in [-0.25, -0.2) is 0 Å². The van der Waals surface area contributed by atoms with Gasteiger partial charge in [0.2, 0.25) is 23.7 Å². The molecule has 4 rings (SSSR count). The third-order valence-electron chi connectivity index (χ3n) is 4.97. The van der Waals surface area contributed by atoms with Crippen LogP contribution in [0.5, 0.6) is 23.0 Å². The molecule has 36 heavy (non-hydrogen) atoms. The van der Waals surface area contributed by atoms with E-state index >= 15 is 0 Å². The standard InChI is InChI=1S/C24H24N4O6S2/c1-31-17-6-3-16(11-19(17)32-2)9-10-25-22(30)13-35-24-28-27-23(36-24)26-21(29)8-5-15-4-7-18-20(12-15)34-14-33-18/h3-8,11-12H,9-10,13-14H2,1-2H3,(H,25,30)(H,26,27,29)/b8-5+. The van der Waals surface area contributed by atoms with Crippen molar-refractivity contribution in [3.8, 4) is 23.0 Å². The molecular weight excluding hydrogens is 504 g/mol. The number of ether oxygens (including phenoxy) is 4. The lowest BCUT2D eigenvalue weighted by Gasteiger charge is -2.10. The molecule has 2 aromatic carbocycles. The number of hydrogen-bond donors (Lipinski definition) is 2. The molecule has 1 aliphatic heterocycles. The number of anilines is 1. The maximum absolute atomic E-state index is 12.2. The number of aromatic nitrogens is 2. The molecule has 0 aliphatic carbocycles. The van der Waals surface area contributed by atoms with Crippen molar-refractivity contribution < 1.29 is 28.5 Å². The molecule has 188 valence electrons. The fourth-order valence-corrected chi connectivity index (χ4v) is 4.80. The molecule has 3 aromatic rings. The van der Waals surface area contributed by atoms with E-state index in [-0.39, 0.29) is 24.4 Å².